The first-order chi connectivity index (χ1) is 8.79. The van der Waals surface area contributed by atoms with Gasteiger partial charge in [0.2, 0.25) is 11.6 Å². The van der Waals surface area contributed by atoms with Crippen LogP contribution in [0.5, 0.6) is 0 Å². The molecule has 18 heavy (non-hydrogen) atoms. The fourth-order valence-corrected chi connectivity index (χ4v) is 1.44. The zero-order valence-corrected chi connectivity index (χ0v) is 10.0. The van der Waals surface area contributed by atoms with Gasteiger partial charge in [-0.3, -0.25) is 9.59 Å². The fourth-order valence-electron chi connectivity index (χ4n) is 1.44. The van der Waals surface area contributed by atoms with Crippen LogP contribution in [-0.2, 0) is 0 Å². The van der Waals surface area contributed by atoms with Gasteiger partial charge in [-0.15, -0.1) is 0 Å². The van der Waals surface area contributed by atoms with Crippen LogP contribution in [0.1, 0.15) is 20.7 Å². The maximum Gasteiger partial charge on any atom is 0.233 e. The Kier molecular flexibility index (Phi) is 5.48. The Labute approximate surface area is 106 Å². The Morgan fingerprint density at radius 1 is 0.667 bits per heavy atom. The number of benzene rings is 2. The van der Waals surface area contributed by atoms with Gasteiger partial charge < -0.3 is 5.11 Å². The summed E-state index contributed by atoms with van der Waals surface area (Å²) in [4.78, 5) is 23.6. The Bertz CT molecular complexity index is 454. The summed E-state index contributed by atoms with van der Waals surface area (Å²) in [5, 5.41) is 7.00. The van der Waals surface area contributed by atoms with Crippen molar-refractivity contribution in [3.63, 3.8) is 0 Å². The lowest BCUT2D eigenvalue weighted by molar-refractivity contribution is 0.0817. The summed E-state index contributed by atoms with van der Waals surface area (Å²) in [5.74, 6) is -0.932. The van der Waals surface area contributed by atoms with Crippen molar-refractivity contribution in [1.82, 2.24) is 0 Å². The SMILES string of the molecule is CO.O=C(C(=O)c1ccccc1)c1ccccc1. The molecule has 0 saturated carbocycles. The number of aliphatic hydroxyl groups excluding tert-OH is 1. The van der Waals surface area contributed by atoms with Crippen LogP contribution in [0.4, 0.5) is 0 Å². The highest BCUT2D eigenvalue weighted by molar-refractivity contribution is 6.49. The van der Waals surface area contributed by atoms with Crippen molar-refractivity contribution in [2.24, 2.45) is 0 Å². The van der Waals surface area contributed by atoms with E-state index in [2.05, 4.69) is 0 Å². The zero-order chi connectivity index (χ0) is 13.4. The molecular formula is C15H14O3. The Hall–Kier alpha value is -2.26. The third-order valence-corrected chi connectivity index (χ3v) is 2.28. The van der Waals surface area contributed by atoms with Gasteiger partial charge in [0, 0.05) is 18.2 Å². The molecule has 0 fully saturated rings. The molecule has 0 atom stereocenters. The van der Waals surface area contributed by atoms with E-state index in [9.17, 15) is 9.59 Å². The van der Waals surface area contributed by atoms with Crippen molar-refractivity contribution in [2.45, 2.75) is 0 Å². The number of rotatable bonds is 3. The van der Waals surface area contributed by atoms with Crippen LogP contribution in [-0.4, -0.2) is 23.8 Å². The third kappa shape index (κ3) is 3.37. The molecule has 0 amide bonds. The van der Waals surface area contributed by atoms with Gasteiger partial charge >= 0.3 is 0 Å². The van der Waals surface area contributed by atoms with Gasteiger partial charge in [0.1, 0.15) is 0 Å². The van der Waals surface area contributed by atoms with E-state index in [-0.39, 0.29) is 0 Å². The highest BCUT2D eigenvalue weighted by atomic mass is 16.2. The van der Waals surface area contributed by atoms with Crippen molar-refractivity contribution in [3.05, 3.63) is 71.8 Å². The second kappa shape index (κ2) is 7.14. The molecule has 0 aliphatic heterocycles. The lowest BCUT2D eigenvalue weighted by Gasteiger charge is -1.99. The van der Waals surface area contributed by atoms with E-state index in [1.54, 1.807) is 48.5 Å². The van der Waals surface area contributed by atoms with Crippen molar-refractivity contribution in [2.75, 3.05) is 7.11 Å². The predicted octanol–water partition coefficient (Wildman–Crippen LogP) is 2.36. The van der Waals surface area contributed by atoms with Crippen LogP contribution in [0.25, 0.3) is 0 Å². The molecule has 0 aromatic heterocycles. The van der Waals surface area contributed by atoms with Gasteiger partial charge in [-0.25, -0.2) is 0 Å². The minimum atomic E-state index is -0.466. The molecule has 0 heterocycles. The number of Topliss-reactive ketones (excluding diaryl/α,β-unsaturated/α-hetero) is 2. The standard InChI is InChI=1S/C14H10O2.CH4O/c15-13(11-7-3-1-4-8-11)14(16)12-9-5-2-6-10-12;1-2/h1-10H;2H,1H3. The van der Waals surface area contributed by atoms with Crippen LogP contribution in [0, 0.1) is 0 Å². The molecule has 3 nitrogen and oxygen atoms in total. The first-order valence-electron chi connectivity index (χ1n) is 5.43. The second-order valence-electron chi connectivity index (χ2n) is 3.39. The number of carbonyl (C=O) groups is 2. The van der Waals surface area contributed by atoms with Crippen LogP contribution in [0.2, 0.25) is 0 Å². The van der Waals surface area contributed by atoms with E-state index in [1.165, 1.54) is 0 Å². The Morgan fingerprint density at radius 3 is 1.22 bits per heavy atom. The zero-order valence-electron chi connectivity index (χ0n) is 10.0. The molecule has 2 aromatic rings. The van der Waals surface area contributed by atoms with Crippen LogP contribution in [0.15, 0.2) is 60.7 Å². The molecular weight excluding hydrogens is 228 g/mol. The molecule has 1 N–H and O–H groups in total. The van der Waals surface area contributed by atoms with E-state index < -0.39 is 11.6 Å². The number of ketones is 2. The van der Waals surface area contributed by atoms with E-state index in [4.69, 9.17) is 5.11 Å². The van der Waals surface area contributed by atoms with Crippen LogP contribution in [0.3, 0.4) is 0 Å². The maximum atomic E-state index is 11.8. The summed E-state index contributed by atoms with van der Waals surface area (Å²) >= 11 is 0. The van der Waals surface area contributed by atoms with Crippen LogP contribution < -0.4 is 0 Å². The van der Waals surface area contributed by atoms with E-state index in [1.807, 2.05) is 12.1 Å². The molecule has 92 valence electrons. The first kappa shape index (κ1) is 13.8. The largest absolute Gasteiger partial charge is 0.400 e. The van der Waals surface area contributed by atoms with Crippen molar-refractivity contribution in [3.8, 4) is 0 Å². The van der Waals surface area contributed by atoms with Gasteiger partial charge in [0.25, 0.3) is 0 Å². The molecule has 0 saturated heterocycles. The minimum absolute atomic E-state index is 0.427. The summed E-state index contributed by atoms with van der Waals surface area (Å²) in [5.41, 5.74) is 0.854. The molecule has 0 spiro atoms. The van der Waals surface area contributed by atoms with Crippen molar-refractivity contribution >= 4 is 11.6 Å². The van der Waals surface area contributed by atoms with Crippen molar-refractivity contribution in [1.29, 1.82) is 0 Å². The van der Waals surface area contributed by atoms with E-state index in [0.29, 0.717) is 11.1 Å². The molecule has 2 aromatic carbocycles. The summed E-state index contributed by atoms with van der Waals surface area (Å²) in [6, 6.07) is 17.2. The number of hydrogen-bond donors (Lipinski definition) is 1. The van der Waals surface area contributed by atoms with Gasteiger partial charge in [-0.05, 0) is 0 Å². The Morgan fingerprint density at radius 2 is 0.944 bits per heavy atom. The van der Waals surface area contributed by atoms with E-state index in [0.717, 1.165) is 7.11 Å². The van der Waals surface area contributed by atoms with Gasteiger partial charge in [-0.2, -0.15) is 0 Å². The fraction of sp³-hybridized carbons (Fsp3) is 0.0667. The lowest BCUT2D eigenvalue weighted by atomic mass is 10.0. The molecule has 0 unspecified atom stereocenters. The van der Waals surface area contributed by atoms with E-state index >= 15 is 0 Å². The summed E-state index contributed by atoms with van der Waals surface area (Å²) in [6.07, 6.45) is 0. The monoisotopic (exact) mass is 242 g/mol. The normalized spacial score (nSPS) is 9.00. The molecule has 0 bridgehead atoms. The highest BCUT2D eigenvalue weighted by Crippen LogP contribution is 2.07. The Balaban J connectivity index is 0.000000771. The maximum absolute atomic E-state index is 11.8. The van der Waals surface area contributed by atoms with Crippen LogP contribution >= 0.6 is 0 Å². The third-order valence-electron chi connectivity index (χ3n) is 2.28. The number of carbonyl (C=O) groups excluding carboxylic acids is 2. The smallest absolute Gasteiger partial charge is 0.233 e. The summed E-state index contributed by atoms with van der Waals surface area (Å²) in [7, 11) is 1.00. The topological polar surface area (TPSA) is 54.4 Å². The quantitative estimate of drug-likeness (QED) is 0.664. The number of aliphatic hydroxyl groups is 1. The molecule has 0 aliphatic carbocycles. The molecule has 3 heteroatoms. The average Bonchev–Trinajstić information content (AvgIpc) is 2.49. The van der Waals surface area contributed by atoms with Crippen molar-refractivity contribution < 1.29 is 14.7 Å². The summed E-state index contributed by atoms with van der Waals surface area (Å²) in [6.45, 7) is 0. The molecule has 2 rings (SSSR count). The molecule has 0 radical (unpaired) electrons. The predicted molar refractivity (Wildman–Crippen MR) is 69.7 cm³/mol. The number of hydrogen-bond acceptors (Lipinski definition) is 3. The van der Waals surface area contributed by atoms with Gasteiger partial charge in [0.15, 0.2) is 0 Å². The minimum Gasteiger partial charge on any atom is -0.400 e. The van der Waals surface area contributed by atoms with Gasteiger partial charge in [-0.1, -0.05) is 60.7 Å². The molecule has 0 aliphatic rings. The average molecular weight is 242 g/mol. The lowest BCUT2D eigenvalue weighted by Crippen LogP contribution is -2.14. The highest BCUT2D eigenvalue weighted by Gasteiger charge is 2.16. The first-order valence-corrected chi connectivity index (χ1v) is 5.43. The van der Waals surface area contributed by atoms with Gasteiger partial charge in [0.05, 0.1) is 0 Å². The second-order valence-corrected chi connectivity index (χ2v) is 3.39. The summed E-state index contributed by atoms with van der Waals surface area (Å²) < 4.78 is 0.